The first-order chi connectivity index (χ1) is 19.3. The second-order valence-electron chi connectivity index (χ2n) is 10.6. The van der Waals surface area contributed by atoms with E-state index in [1.54, 1.807) is 0 Å². The molecule has 2 nitrogen and oxygen atoms in total. The van der Waals surface area contributed by atoms with Crippen LogP contribution in [0, 0.1) is 0 Å². The van der Waals surface area contributed by atoms with Crippen molar-refractivity contribution in [3.8, 4) is 33.8 Å². The van der Waals surface area contributed by atoms with Crippen LogP contribution >= 0.6 is 0 Å². The summed E-state index contributed by atoms with van der Waals surface area (Å²) in [7, 11) is 0. The molecule has 1 aromatic heterocycles. The Bertz CT molecular complexity index is 2050. The molecule has 6 aromatic carbocycles. The summed E-state index contributed by atoms with van der Waals surface area (Å²) in [5, 5.41) is 2.50. The summed E-state index contributed by atoms with van der Waals surface area (Å²) < 4.78 is 6.48. The molecule has 1 N–H and O–H groups in total. The smallest absolute Gasteiger partial charge is 0.132 e. The standard InChI is InChI=1S/C37H23NO/c1-2-10-23(11-3-1)24-18-21-32-27(22-24)25-19-20-31-35(36(25)38-32)26-12-4-5-13-28(26)37(31)29-14-6-8-16-33(29)39-34-17-9-7-15-30(34)37/h1-22,38H. The summed E-state index contributed by atoms with van der Waals surface area (Å²) in [6, 6.07) is 48.0. The van der Waals surface area contributed by atoms with Crippen LogP contribution in [0.5, 0.6) is 11.5 Å². The van der Waals surface area contributed by atoms with Gasteiger partial charge in [0.2, 0.25) is 0 Å². The molecular formula is C37H23NO. The number of rotatable bonds is 1. The highest BCUT2D eigenvalue weighted by Crippen LogP contribution is 2.63. The second-order valence-corrected chi connectivity index (χ2v) is 10.6. The first kappa shape index (κ1) is 20.9. The zero-order valence-corrected chi connectivity index (χ0v) is 21.1. The Balaban J connectivity index is 1.41. The van der Waals surface area contributed by atoms with Crippen LogP contribution in [-0.4, -0.2) is 4.98 Å². The number of hydrogen-bond acceptors (Lipinski definition) is 1. The van der Waals surface area contributed by atoms with Gasteiger partial charge in [-0.15, -0.1) is 0 Å². The fraction of sp³-hybridized carbons (Fsp3) is 0.0270. The Kier molecular flexibility index (Phi) is 4.02. The Morgan fingerprint density at radius 2 is 1.15 bits per heavy atom. The molecule has 0 atom stereocenters. The quantitative estimate of drug-likeness (QED) is 0.240. The van der Waals surface area contributed by atoms with Crippen LogP contribution in [0.1, 0.15) is 22.3 Å². The predicted molar refractivity (Wildman–Crippen MR) is 159 cm³/mol. The molecule has 2 heterocycles. The van der Waals surface area contributed by atoms with Crippen molar-refractivity contribution >= 4 is 21.8 Å². The summed E-state index contributed by atoms with van der Waals surface area (Å²) in [6.07, 6.45) is 0. The minimum absolute atomic E-state index is 0.446. The van der Waals surface area contributed by atoms with Gasteiger partial charge in [0.1, 0.15) is 11.5 Å². The number of ether oxygens (including phenoxy) is 1. The van der Waals surface area contributed by atoms with Gasteiger partial charge in [-0.2, -0.15) is 0 Å². The summed E-state index contributed by atoms with van der Waals surface area (Å²) >= 11 is 0. The van der Waals surface area contributed by atoms with Gasteiger partial charge in [-0.05, 0) is 52.1 Å². The molecule has 9 rings (SSSR count). The average molecular weight is 498 g/mol. The van der Waals surface area contributed by atoms with Crippen LogP contribution in [0.3, 0.4) is 0 Å². The molecule has 0 unspecified atom stereocenters. The van der Waals surface area contributed by atoms with E-state index in [0.29, 0.717) is 0 Å². The topological polar surface area (TPSA) is 25.0 Å². The first-order valence-electron chi connectivity index (χ1n) is 13.4. The van der Waals surface area contributed by atoms with E-state index in [2.05, 4.69) is 138 Å². The van der Waals surface area contributed by atoms with E-state index in [0.717, 1.165) is 17.0 Å². The highest BCUT2D eigenvalue weighted by atomic mass is 16.5. The van der Waals surface area contributed by atoms with E-state index < -0.39 is 5.41 Å². The number of nitrogens with one attached hydrogen (secondary N) is 1. The Morgan fingerprint density at radius 3 is 1.92 bits per heavy atom. The maximum atomic E-state index is 6.48. The van der Waals surface area contributed by atoms with Gasteiger partial charge < -0.3 is 9.72 Å². The van der Waals surface area contributed by atoms with Crippen LogP contribution in [0.15, 0.2) is 133 Å². The molecule has 1 aliphatic carbocycles. The minimum atomic E-state index is -0.446. The van der Waals surface area contributed by atoms with E-state index in [1.165, 1.54) is 60.8 Å². The summed E-state index contributed by atoms with van der Waals surface area (Å²) in [5.41, 5.74) is 11.9. The molecule has 0 radical (unpaired) electrons. The Labute approximate surface area is 226 Å². The normalized spacial score (nSPS) is 14.1. The van der Waals surface area contributed by atoms with Crippen molar-refractivity contribution in [3.63, 3.8) is 0 Å². The molecule has 0 bridgehead atoms. The van der Waals surface area contributed by atoms with Crippen molar-refractivity contribution < 1.29 is 4.74 Å². The zero-order valence-electron chi connectivity index (χ0n) is 21.1. The van der Waals surface area contributed by atoms with E-state index >= 15 is 0 Å². The maximum absolute atomic E-state index is 6.48. The lowest BCUT2D eigenvalue weighted by atomic mass is 9.66. The molecule has 0 saturated heterocycles. The van der Waals surface area contributed by atoms with Gasteiger partial charge in [0.25, 0.3) is 0 Å². The average Bonchev–Trinajstić information content (AvgIpc) is 3.52. The van der Waals surface area contributed by atoms with Crippen molar-refractivity contribution in [3.05, 3.63) is 156 Å². The zero-order chi connectivity index (χ0) is 25.6. The molecule has 7 aromatic rings. The molecule has 2 aliphatic rings. The Morgan fingerprint density at radius 1 is 0.487 bits per heavy atom. The van der Waals surface area contributed by atoms with Crippen molar-refractivity contribution in [2.24, 2.45) is 0 Å². The van der Waals surface area contributed by atoms with Gasteiger partial charge in [0, 0.05) is 33.0 Å². The molecule has 1 spiro atoms. The van der Waals surface area contributed by atoms with Crippen LogP contribution in [0.4, 0.5) is 0 Å². The first-order valence-corrected chi connectivity index (χ1v) is 13.4. The summed E-state index contributed by atoms with van der Waals surface area (Å²) in [5.74, 6) is 1.84. The van der Waals surface area contributed by atoms with Gasteiger partial charge in [-0.1, -0.05) is 109 Å². The van der Waals surface area contributed by atoms with Gasteiger partial charge in [0.05, 0.1) is 10.9 Å². The fourth-order valence-electron chi connectivity index (χ4n) is 7.12. The van der Waals surface area contributed by atoms with Crippen molar-refractivity contribution in [2.45, 2.75) is 5.41 Å². The van der Waals surface area contributed by atoms with Crippen LogP contribution in [0.25, 0.3) is 44.1 Å². The molecule has 0 saturated carbocycles. The molecule has 1 aliphatic heterocycles. The molecule has 39 heavy (non-hydrogen) atoms. The molecular weight excluding hydrogens is 474 g/mol. The number of fused-ring (bicyclic) bond motifs is 13. The fourth-order valence-corrected chi connectivity index (χ4v) is 7.12. The summed E-state index contributed by atoms with van der Waals surface area (Å²) in [6.45, 7) is 0. The number of para-hydroxylation sites is 2. The molecule has 2 heteroatoms. The van der Waals surface area contributed by atoms with E-state index in [1.807, 2.05) is 0 Å². The molecule has 0 fully saturated rings. The third-order valence-corrected chi connectivity index (χ3v) is 8.69. The lowest BCUT2D eigenvalue weighted by molar-refractivity contribution is 0.436. The second kappa shape index (κ2) is 7.49. The van der Waals surface area contributed by atoms with E-state index in [9.17, 15) is 0 Å². The lowest BCUT2D eigenvalue weighted by Gasteiger charge is -2.39. The van der Waals surface area contributed by atoms with Gasteiger partial charge >= 0.3 is 0 Å². The van der Waals surface area contributed by atoms with Crippen molar-refractivity contribution in [1.82, 2.24) is 4.98 Å². The van der Waals surface area contributed by atoms with Crippen LogP contribution < -0.4 is 4.74 Å². The van der Waals surface area contributed by atoms with E-state index in [4.69, 9.17) is 4.74 Å². The third-order valence-electron chi connectivity index (χ3n) is 8.69. The monoisotopic (exact) mass is 497 g/mol. The van der Waals surface area contributed by atoms with Gasteiger partial charge in [0.15, 0.2) is 0 Å². The van der Waals surface area contributed by atoms with E-state index in [-0.39, 0.29) is 0 Å². The van der Waals surface area contributed by atoms with Gasteiger partial charge in [-0.25, -0.2) is 0 Å². The third kappa shape index (κ3) is 2.60. The Hall–Kier alpha value is -5.08. The maximum Gasteiger partial charge on any atom is 0.132 e. The highest BCUT2D eigenvalue weighted by molar-refractivity contribution is 6.15. The number of benzene rings is 6. The largest absolute Gasteiger partial charge is 0.457 e. The highest BCUT2D eigenvalue weighted by Gasteiger charge is 2.51. The number of hydrogen-bond donors (Lipinski definition) is 1. The number of aromatic amines is 1. The van der Waals surface area contributed by atoms with Crippen LogP contribution in [0.2, 0.25) is 0 Å². The minimum Gasteiger partial charge on any atom is -0.457 e. The summed E-state index contributed by atoms with van der Waals surface area (Å²) in [4.78, 5) is 3.84. The predicted octanol–water partition coefficient (Wildman–Crippen LogP) is 9.46. The SMILES string of the molecule is c1ccc(-c2ccc3[nH]c4c5c(ccc4c3c2)C2(c3ccccc3Oc3ccccc32)c2ccccc2-5)cc1. The van der Waals surface area contributed by atoms with Gasteiger partial charge in [-0.3, -0.25) is 0 Å². The number of H-pyrrole nitrogens is 1. The molecule has 182 valence electrons. The number of aromatic nitrogens is 1. The lowest BCUT2D eigenvalue weighted by Crippen LogP contribution is -2.32. The van der Waals surface area contributed by atoms with Crippen molar-refractivity contribution in [2.75, 3.05) is 0 Å². The van der Waals surface area contributed by atoms with Crippen LogP contribution in [-0.2, 0) is 5.41 Å². The van der Waals surface area contributed by atoms with Crippen molar-refractivity contribution in [1.29, 1.82) is 0 Å². The molecule has 0 amide bonds.